The summed E-state index contributed by atoms with van der Waals surface area (Å²) >= 11 is 0. The summed E-state index contributed by atoms with van der Waals surface area (Å²) in [6.45, 7) is 4.73. The number of benzene rings is 2. The van der Waals surface area contributed by atoms with E-state index in [1.807, 2.05) is 79.1 Å². The van der Waals surface area contributed by atoms with Crippen molar-refractivity contribution in [3.8, 4) is 22.4 Å². The number of hydrogen-bond donors (Lipinski definition) is 4. The number of aromatic nitrogens is 1. The van der Waals surface area contributed by atoms with Crippen molar-refractivity contribution in [2.75, 3.05) is 13.1 Å². The molecule has 178 valence electrons. The number of aromatic carboxylic acids is 1. The van der Waals surface area contributed by atoms with Gasteiger partial charge < -0.3 is 26.5 Å². The minimum atomic E-state index is -1.15. The first-order valence-corrected chi connectivity index (χ1v) is 11.3. The van der Waals surface area contributed by atoms with Crippen LogP contribution in [-0.2, 0) is 0 Å². The van der Waals surface area contributed by atoms with Crippen LogP contribution in [0.2, 0.25) is 0 Å². The molecule has 0 saturated carbocycles. The topological polar surface area (TPSA) is 136 Å². The number of carboxylic acids is 1. The summed E-state index contributed by atoms with van der Waals surface area (Å²) < 4.78 is 1.83. The highest BCUT2D eigenvalue weighted by Crippen LogP contribution is 2.41. The second-order valence-corrected chi connectivity index (χ2v) is 8.22. The van der Waals surface area contributed by atoms with E-state index in [9.17, 15) is 14.7 Å². The van der Waals surface area contributed by atoms with Gasteiger partial charge in [-0.1, -0.05) is 60.7 Å². The van der Waals surface area contributed by atoms with Crippen molar-refractivity contribution in [1.82, 2.24) is 9.88 Å². The van der Waals surface area contributed by atoms with Crippen LogP contribution in [0.25, 0.3) is 22.4 Å². The van der Waals surface area contributed by atoms with E-state index in [0.29, 0.717) is 37.2 Å². The second kappa shape index (κ2) is 11.2. The van der Waals surface area contributed by atoms with Gasteiger partial charge in [-0.3, -0.25) is 9.79 Å². The van der Waals surface area contributed by atoms with Crippen LogP contribution in [0.3, 0.4) is 0 Å². The van der Waals surface area contributed by atoms with Crippen molar-refractivity contribution in [3.63, 3.8) is 0 Å². The Hall–Kier alpha value is -4.07. The molecular formula is C26H31N5O3. The fourth-order valence-corrected chi connectivity index (χ4v) is 4.03. The average Bonchev–Trinajstić information content (AvgIpc) is 3.19. The third-order valence-electron chi connectivity index (χ3n) is 5.43. The van der Waals surface area contributed by atoms with Crippen molar-refractivity contribution in [1.29, 1.82) is 0 Å². The maximum Gasteiger partial charge on any atom is 0.338 e. The van der Waals surface area contributed by atoms with Crippen LogP contribution in [0.4, 0.5) is 0 Å². The molecule has 8 heteroatoms. The number of guanidine groups is 1. The molecule has 1 heterocycles. The summed E-state index contributed by atoms with van der Waals surface area (Å²) in [5.41, 5.74) is 13.6. The van der Waals surface area contributed by atoms with Crippen LogP contribution < -0.4 is 16.8 Å². The molecule has 0 aliphatic carbocycles. The highest BCUT2D eigenvalue weighted by Gasteiger charge is 2.33. The number of amides is 1. The Bertz CT molecular complexity index is 1160. The monoisotopic (exact) mass is 461 g/mol. The first-order chi connectivity index (χ1) is 16.3. The Morgan fingerprint density at radius 2 is 1.56 bits per heavy atom. The molecule has 0 aliphatic rings. The minimum absolute atomic E-state index is 0.00300. The van der Waals surface area contributed by atoms with Gasteiger partial charge in [0, 0.05) is 24.7 Å². The molecule has 1 aromatic heterocycles. The number of hydrogen-bond acceptors (Lipinski definition) is 3. The molecule has 0 spiro atoms. The summed E-state index contributed by atoms with van der Waals surface area (Å²) in [5.74, 6) is -1.53. The zero-order chi connectivity index (χ0) is 24.7. The van der Waals surface area contributed by atoms with E-state index in [0.717, 1.165) is 11.1 Å². The van der Waals surface area contributed by atoms with Gasteiger partial charge in [-0.25, -0.2) is 4.79 Å². The number of aliphatic imine (C=N–C) groups is 1. The van der Waals surface area contributed by atoms with E-state index < -0.39 is 11.9 Å². The fraction of sp³-hybridized carbons (Fsp3) is 0.269. The molecule has 0 radical (unpaired) electrons. The highest BCUT2D eigenvalue weighted by molar-refractivity contribution is 6.11. The molecule has 0 unspecified atom stereocenters. The van der Waals surface area contributed by atoms with Crippen molar-refractivity contribution in [2.24, 2.45) is 16.5 Å². The number of carboxylic acid groups (broad SMARTS) is 1. The van der Waals surface area contributed by atoms with Crippen LogP contribution in [0.5, 0.6) is 0 Å². The van der Waals surface area contributed by atoms with Gasteiger partial charge in [0.05, 0.1) is 11.3 Å². The highest BCUT2D eigenvalue weighted by atomic mass is 16.4. The van der Waals surface area contributed by atoms with Gasteiger partial charge in [-0.05, 0) is 37.8 Å². The molecule has 0 fully saturated rings. The Labute approximate surface area is 199 Å². The first kappa shape index (κ1) is 24.6. The van der Waals surface area contributed by atoms with Crippen LogP contribution in [0, 0.1) is 0 Å². The smallest absolute Gasteiger partial charge is 0.338 e. The number of nitrogens with one attached hydrogen (secondary N) is 1. The number of nitrogens with two attached hydrogens (primary N) is 2. The lowest BCUT2D eigenvalue weighted by molar-refractivity contribution is 0.0691. The zero-order valence-electron chi connectivity index (χ0n) is 19.5. The van der Waals surface area contributed by atoms with E-state index in [-0.39, 0.29) is 23.3 Å². The van der Waals surface area contributed by atoms with Crippen molar-refractivity contribution >= 4 is 17.8 Å². The number of carbonyl (C=O) groups is 2. The van der Waals surface area contributed by atoms with Crippen molar-refractivity contribution < 1.29 is 14.7 Å². The molecule has 3 rings (SSSR count). The third-order valence-corrected chi connectivity index (χ3v) is 5.43. The maximum absolute atomic E-state index is 13.4. The van der Waals surface area contributed by atoms with Crippen LogP contribution in [-0.4, -0.2) is 40.6 Å². The molecule has 8 nitrogen and oxygen atoms in total. The maximum atomic E-state index is 13.4. The van der Waals surface area contributed by atoms with Crippen LogP contribution >= 0.6 is 0 Å². The molecule has 1 amide bonds. The fourth-order valence-electron chi connectivity index (χ4n) is 4.03. The van der Waals surface area contributed by atoms with Gasteiger partial charge in [-0.15, -0.1) is 0 Å². The van der Waals surface area contributed by atoms with Gasteiger partial charge in [0.2, 0.25) is 0 Å². The summed E-state index contributed by atoms with van der Waals surface area (Å²) in [6.07, 6.45) is 1.35. The minimum Gasteiger partial charge on any atom is -0.478 e. The summed E-state index contributed by atoms with van der Waals surface area (Å²) in [6, 6.07) is 18.7. The van der Waals surface area contributed by atoms with Crippen molar-refractivity contribution in [3.05, 3.63) is 71.9 Å². The largest absolute Gasteiger partial charge is 0.478 e. The number of rotatable bonds is 10. The van der Waals surface area contributed by atoms with E-state index in [2.05, 4.69) is 10.3 Å². The summed E-state index contributed by atoms with van der Waals surface area (Å²) in [4.78, 5) is 29.9. The predicted octanol–water partition coefficient (Wildman–Crippen LogP) is 3.88. The second-order valence-electron chi connectivity index (χ2n) is 8.22. The Kier molecular flexibility index (Phi) is 8.08. The van der Waals surface area contributed by atoms with Gasteiger partial charge in [0.25, 0.3) is 5.91 Å². The molecule has 2 aromatic carbocycles. The van der Waals surface area contributed by atoms with Gasteiger partial charge in [0.15, 0.2) is 5.96 Å². The van der Waals surface area contributed by atoms with Gasteiger partial charge >= 0.3 is 5.97 Å². The lowest BCUT2D eigenvalue weighted by atomic mass is 9.96. The Balaban J connectivity index is 2.12. The SMILES string of the molecule is CC(C)n1c(C(=O)NCCCCN=C(N)N)c(C(=O)O)c(-c2ccccc2)c1-c1ccccc1. The van der Waals surface area contributed by atoms with E-state index >= 15 is 0 Å². The van der Waals surface area contributed by atoms with E-state index in [1.54, 1.807) is 0 Å². The summed E-state index contributed by atoms with van der Waals surface area (Å²) in [5, 5.41) is 13.2. The van der Waals surface area contributed by atoms with Crippen LogP contribution in [0.1, 0.15) is 53.6 Å². The van der Waals surface area contributed by atoms with Gasteiger partial charge in [0.1, 0.15) is 5.69 Å². The molecule has 3 aromatic rings. The quantitative estimate of drug-likeness (QED) is 0.206. The molecule has 6 N–H and O–H groups in total. The van der Waals surface area contributed by atoms with E-state index in [4.69, 9.17) is 11.5 Å². The molecule has 0 saturated heterocycles. The molecule has 0 bridgehead atoms. The van der Waals surface area contributed by atoms with Crippen molar-refractivity contribution in [2.45, 2.75) is 32.7 Å². The third kappa shape index (κ3) is 5.46. The van der Waals surface area contributed by atoms with Gasteiger partial charge in [-0.2, -0.15) is 0 Å². The molecule has 0 atom stereocenters. The summed E-state index contributed by atoms with van der Waals surface area (Å²) in [7, 11) is 0. The Morgan fingerprint density at radius 3 is 2.09 bits per heavy atom. The molecular weight excluding hydrogens is 430 g/mol. The first-order valence-electron chi connectivity index (χ1n) is 11.3. The number of unbranched alkanes of at least 4 members (excludes halogenated alkanes) is 1. The standard InChI is InChI=1S/C26H31N5O3/c1-17(2)31-22(19-13-7-4-8-14-19)20(18-11-5-3-6-12-18)21(25(33)34)23(31)24(32)29-15-9-10-16-30-26(27)28/h3-8,11-14,17H,9-10,15-16H2,1-2H3,(H,29,32)(H,33,34)(H4,27,28,30). The normalized spacial score (nSPS) is 10.8. The lowest BCUT2D eigenvalue weighted by Crippen LogP contribution is -2.29. The van der Waals surface area contributed by atoms with E-state index in [1.165, 1.54) is 0 Å². The Morgan fingerprint density at radius 1 is 0.971 bits per heavy atom. The average molecular weight is 462 g/mol. The zero-order valence-corrected chi connectivity index (χ0v) is 19.5. The number of carbonyl (C=O) groups excluding carboxylic acids is 1. The molecule has 0 aliphatic heterocycles. The number of nitrogens with zero attached hydrogens (tertiary/aromatic N) is 2. The van der Waals surface area contributed by atoms with Crippen LogP contribution in [0.15, 0.2) is 65.7 Å². The lowest BCUT2D eigenvalue weighted by Gasteiger charge is -2.18. The molecule has 34 heavy (non-hydrogen) atoms. The predicted molar refractivity (Wildman–Crippen MR) is 135 cm³/mol.